The van der Waals surface area contributed by atoms with Gasteiger partial charge in [-0.05, 0) is 55.0 Å². The highest BCUT2D eigenvalue weighted by atomic mass is 16.6. The minimum Gasteiger partial charge on any atom is -0.508 e. The summed E-state index contributed by atoms with van der Waals surface area (Å²) in [7, 11) is 0. The zero-order valence-corrected chi connectivity index (χ0v) is 14.2. The Hall–Kier alpha value is -2.82. The fourth-order valence-corrected chi connectivity index (χ4v) is 4.35. The van der Waals surface area contributed by atoms with Crippen molar-refractivity contribution in [3.05, 3.63) is 74.9 Å². The van der Waals surface area contributed by atoms with Crippen LogP contribution in [0, 0.1) is 29.9 Å². The summed E-state index contributed by atoms with van der Waals surface area (Å²) < 4.78 is 0. The Balaban J connectivity index is 1.85. The van der Waals surface area contributed by atoms with Gasteiger partial charge in [0, 0.05) is 29.3 Å². The van der Waals surface area contributed by atoms with Crippen LogP contribution in [0.3, 0.4) is 0 Å². The van der Waals surface area contributed by atoms with Crippen molar-refractivity contribution in [3.8, 4) is 5.75 Å². The van der Waals surface area contributed by atoms with Gasteiger partial charge in [-0.2, -0.15) is 0 Å². The van der Waals surface area contributed by atoms with E-state index in [1.165, 1.54) is 34.9 Å². The second-order valence-corrected chi connectivity index (χ2v) is 7.02. The van der Waals surface area contributed by atoms with E-state index in [1.807, 2.05) is 0 Å². The van der Waals surface area contributed by atoms with Crippen LogP contribution < -0.4 is 5.32 Å². The molecule has 5 heteroatoms. The largest absolute Gasteiger partial charge is 0.508 e. The number of hydrogen-bond acceptors (Lipinski definition) is 4. The number of nitro benzene ring substituents is 1. The van der Waals surface area contributed by atoms with Gasteiger partial charge < -0.3 is 10.4 Å². The molecule has 25 heavy (non-hydrogen) atoms. The standard InChI is InChI=1S/C20H20N2O3/c1-11-8-12(2)19-14-4-3-5-15(14)20(21-17(19)9-11)16-10-13(22(24)25)6-7-18(16)23/h3-4,6-10,14-15,20-21,23H,5H2,1-2H3. The average Bonchev–Trinajstić information content (AvgIpc) is 3.03. The Bertz CT molecular complexity index is 904. The first-order valence-electron chi connectivity index (χ1n) is 8.47. The van der Waals surface area contributed by atoms with E-state index in [0.29, 0.717) is 5.56 Å². The molecule has 1 heterocycles. The first kappa shape index (κ1) is 15.7. The van der Waals surface area contributed by atoms with Crippen LogP contribution in [0.2, 0.25) is 0 Å². The molecule has 0 saturated carbocycles. The van der Waals surface area contributed by atoms with E-state index in [1.54, 1.807) is 0 Å². The van der Waals surface area contributed by atoms with Gasteiger partial charge in [0.25, 0.3) is 5.69 Å². The predicted octanol–water partition coefficient (Wildman–Crippen LogP) is 4.74. The minimum atomic E-state index is -0.418. The third kappa shape index (κ3) is 2.47. The van der Waals surface area contributed by atoms with E-state index < -0.39 is 4.92 Å². The highest BCUT2D eigenvalue weighted by molar-refractivity contribution is 5.64. The molecule has 3 unspecified atom stereocenters. The Kier molecular flexibility index (Phi) is 3.53. The van der Waals surface area contributed by atoms with Crippen molar-refractivity contribution in [1.82, 2.24) is 0 Å². The number of hydrogen-bond donors (Lipinski definition) is 2. The van der Waals surface area contributed by atoms with E-state index in [4.69, 9.17) is 0 Å². The lowest BCUT2D eigenvalue weighted by Gasteiger charge is -2.38. The summed E-state index contributed by atoms with van der Waals surface area (Å²) in [5.74, 6) is 0.601. The van der Waals surface area contributed by atoms with Crippen molar-refractivity contribution in [2.45, 2.75) is 32.2 Å². The number of fused-ring (bicyclic) bond motifs is 3. The van der Waals surface area contributed by atoms with Gasteiger partial charge in [-0.1, -0.05) is 18.2 Å². The number of phenols is 1. The van der Waals surface area contributed by atoms with Crippen molar-refractivity contribution in [2.24, 2.45) is 5.92 Å². The molecule has 0 spiro atoms. The fraction of sp³-hybridized carbons (Fsp3) is 0.300. The van der Waals surface area contributed by atoms with Crippen LogP contribution in [-0.4, -0.2) is 10.0 Å². The molecule has 4 rings (SSSR count). The van der Waals surface area contributed by atoms with Crippen molar-refractivity contribution in [1.29, 1.82) is 0 Å². The molecule has 2 aromatic carbocycles. The van der Waals surface area contributed by atoms with Crippen molar-refractivity contribution in [2.75, 3.05) is 5.32 Å². The molecule has 2 aliphatic rings. The fourth-order valence-electron chi connectivity index (χ4n) is 4.35. The van der Waals surface area contributed by atoms with Crippen molar-refractivity contribution in [3.63, 3.8) is 0 Å². The van der Waals surface area contributed by atoms with E-state index in [9.17, 15) is 15.2 Å². The van der Waals surface area contributed by atoms with Crippen LogP contribution in [0.1, 0.15) is 40.6 Å². The number of benzene rings is 2. The van der Waals surface area contributed by atoms with Gasteiger partial charge in [0.05, 0.1) is 11.0 Å². The molecule has 128 valence electrons. The van der Waals surface area contributed by atoms with E-state index in [2.05, 4.69) is 43.4 Å². The van der Waals surface area contributed by atoms with Crippen molar-refractivity contribution < 1.29 is 10.0 Å². The molecular formula is C20H20N2O3. The molecule has 0 fully saturated rings. The van der Waals surface area contributed by atoms with Gasteiger partial charge in [-0.15, -0.1) is 0 Å². The number of nitrogens with zero attached hydrogens (tertiary/aromatic N) is 1. The van der Waals surface area contributed by atoms with Gasteiger partial charge in [-0.25, -0.2) is 0 Å². The summed E-state index contributed by atoms with van der Waals surface area (Å²) in [4.78, 5) is 10.7. The summed E-state index contributed by atoms with van der Waals surface area (Å²) in [6, 6.07) is 8.41. The maximum atomic E-state index is 11.2. The molecule has 0 radical (unpaired) electrons. The normalized spacial score (nSPS) is 23.7. The number of non-ortho nitro benzene ring substituents is 1. The predicted molar refractivity (Wildman–Crippen MR) is 97.0 cm³/mol. The lowest BCUT2D eigenvalue weighted by atomic mass is 9.75. The number of phenolic OH excluding ortho intramolecular Hbond substituents is 1. The van der Waals surface area contributed by atoms with E-state index >= 15 is 0 Å². The highest BCUT2D eigenvalue weighted by Crippen LogP contribution is 2.52. The molecule has 2 N–H and O–H groups in total. The third-order valence-electron chi connectivity index (χ3n) is 5.37. The highest BCUT2D eigenvalue weighted by Gasteiger charge is 2.40. The van der Waals surface area contributed by atoms with Gasteiger partial charge in [0.1, 0.15) is 5.75 Å². The Morgan fingerprint density at radius 3 is 2.80 bits per heavy atom. The second-order valence-electron chi connectivity index (χ2n) is 7.02. The number of anilines is 1. The molecule has 5 nitrogen and oxygen atoms in total. The van der Waals surface area contributed by atoms with E-state index in [-0.39, 0.29) is 29.3 Å². The number of allylic oxidation sites excluding steroid dienone is 2. The molecule has 1 aliphatic heterocycles. The Morgan fingerprint density at radius 1 is 1.24 bits per heavy atom. The number of aromatic hydroxyl groups is 1. The quantitative estimate of drug-likeness (QED) is 0.472. The minimum absolute atomic E-state index is 0.00308. The lowest BCUT2D eigenvalue weighted by Crippen LogP contribution is -2.29. The van der Waals surface area contributed by atoms with Crippen LogP contribution in [0.5, 0.6) is 5.75 Å². The molecule has 0 amide bonds. The first-order valence-corrected chi connectivity index (χ1v) is 8.47. The molecule has 2 aromatic rings. The molecule has 3 atom stereocenters. The van der Waals surface area contributed by atoms with Crippen LogP contribution in [0.4, 0.5) is 11.4 Å². The molecule has 1 aliphatic carbocycles. The number of nitro groups is 1. The van der Waals surface area contributed by atoms with Crippen LogP contribution in [0.25, 0.3) is 0 Å². The molecule has 0 aromatic heterocycles. The Morgan fingerprint density at radius 2 is 2.04 bits per heavy atom. The van der Waals surface area contributed by atoms with Gasteiger partial charge in [0.2, 0.25) is 0 Å². The lowest BCUT2D eigenvalue weighted by molar-refractivity contribution is -0.385. The second kappa shape index (κ2) is 5.62. The third-order valence-corrected chi connectivity index (χ3v) is 5.37. The van der Waals surface area contributed by atoms with Gasteiger partial charge >= 0.3 is 0 Å². The smallest absolute Gasteiger partial charge is 0.270 e. The zero-order chi connectivity index (χ0) is 17.7. The summed E-state index contributed by atoms with van der Waals surface area (Å²) in [5.41, 5.74) is 5.38. The number of rotatable bonds is 2. The topological polar surface area (TPSA) is 75.4 Å². The monoisotopic (exact) mass is 336 g/mol. The summed E-state index contributed by atoms with van der Waals surface area (Å²) >= 11 is 0. The SMILES string of the molecule is Cc1cc(C)c2c(c1)NC(c1cc([N+](=O)[O-])ccc1O)C1CC=CC21. The molecule has 0 bridgehead atoms. The van der Waals surface area contributed by atoms with Crippen LogP contribution >= 0.6 is 0 Å². The van der Waals surface area contributed by atoms with E-state index in [0.717, 1.165) is 12.1 Å². The maximum absolute atomic E-state index is 11.2. The number of nitrogens with one attached hydrogen (secondary N) is 1. The van der Waals surface area contributed by atoms with Gasteiger partial charge in [0.15, 0.2) is 0 Å². The summed E-state index contributed by atoms with van der Waals surface area (Å²) in [5, 5.41) is 25.1. The summed E-state index contributed by atoms with van der Waals surface area (Å²) in [6.45, 7) is 4.19. The van der Waals surface area contributed by atoms with Crippen molar-refractivity contribution >= 4 is 11.4 Å². The zero-order valence-electron chi connectivity index (χ0n) is 14.2. The average molecular weight is 336 g/mol. The van der Waals surface area contributed by atoms with Crippen LogP contribution in [0.15, 0.2) is 42.5 Å². The molecular weight excluding hydrogens is 316 g/mol. The van der Waals surface area contributed by atoms with Crippen LogP contribution in [-0.2, 0) is 0 Å². The summed E-state index contributed by atoms with van der Waals surface area (Å²) in [6.07, 6.45) is 5.29. The Labute approximate surface area is 146 Å². The first-order chi connectivity index (χ1) is 12.0. The van der Waals surface area contributed by atoms with Gasteiger partial charge in [-0.3, -0.25) is 10.1 Å². The maximum Gasteiger partial charge on any atom is 0.270 e. The number of aryl methyl sites for hydroxylation is 2. The molecule has 0 saturated heterocycles.